The second-order valence-electron chi connectivity index (χ2n) is 5.90. The minimum Gasteiger partial charge on any atom is -0.493 e. The molecule has 3 N–H and O–H groups in total. The molecule has 2 rings (SSSR count). The average molecular weight is 366 g/mol. The van der Waals surface area contributed by atoms with Crippen molar-refractivity contribution in [2.24, 2.45) is 0 Å². The highest BCUT2D eigenvalue weighted by Crippen LogP contribution is 2.24. The molecule has 0 saturated carbocycles. The van der Waals surface area contributed by atoms with Crippen LogP contribution in [0.5, 0.6) is 5.75 Å². The van der Waals surface area contributed by atoms with Crippen molar-refractivity contribution in [2.45, 2.75) is 26.8 Å². The van der Waals surface area contributed by atoms with E-state index in [9.17, 15) is 14.9 Å². The third kappa shape index (κ3) is 5.56. The number of nitriles is 1. The lowest BCUT2D eigenvalue weighted by Crippen LogP contribution is -2.39. The number of rotatable bonds is 7. The Balaban J connectivity index is 2.13. The van der Waals surface area contributed by atoms with Gasteiger partial charge in [-0.15, -0.1) is 0 Å². The molecule has 0 unspecified atom stereocenters. The first-order chi connectivity index (χ1) is 12.9. The van der Waals surface area contributed by atoms with Crippen molar-refractivity contribution in [3.63, 3.8) is 0 Å². The van der Waals surface area contributed by atoms with E-state index in [0.29, 0.717) is 23.6 Å². The molecule has 0 aromatic heterocycles. The fraction of sp³-hybridized carbons (Fsp3) is 0.250. The van der Waals surface area contributed by atoms with Gasteiger partial charge in [0.1, 0.15) is 11.8 Å². The first-order valence-corrected chi connectivity index (χ1v) is 8.51. The Morgan fingerprint density at radius 1 is 1.19 bits per heavy atom. The number of carbonyl (C=O) groups is 2. The van der Waals surface area contributed by atoms with Gasteiger partial charge in [0.15, 0.2) is 0 Å². The molecule has 2 aromatic rings. The lowest BCUT2D eigenvalue weighted by molar-refractivity contribution is -0.114. The van der Waals surface area contributed by atoms with Crippen LogP contribution in [0.4, 0.5) is 5.69 Å². The lowest BCUT2D eigenvalue weighted by atomic mass is 10.1. The van der Waals surface area contributed by atoms with Gasteiger partial charge >= 0.3 is 0 Å². The first kappa shape index (κ1) is 19.9. The molecule has 0 aliphatic heterocycles. The zero-order chi connectivity index (χ0) is 19.8. The van der Waals surface area contributed by atoms with Crippen molar-refractivity contribution in [3.05, 3.63) is 59.2 Å². The fourth-order valence-electron chi connectivity index (χ4n) is 2.42. The summed E-state index contributed by atoms with van der Waals surface area (Å²) in [6, 6.07) is 13.6. The number of hydrogen-bond donors (Lipinski definition) is 3. The molecule has 0 aliphatic carbocycles. The summed E-state index contributed by atoms with van der Waals surface area (Å²) in [6.07, 6.45) is 0. The summed E-state index contributed by atoms with van der Waals surface area (Å²) in [4.78, 5) is 23.7. The number of nitrogens with one attached hydrogen (secondary N) is 3. The van der Waals surface area contributed by atoms with Crippen molar-refractivity contribution in [1.29, 1.82) is 5.26 Å². The summed E-state index contributed by atoms with van der Waals surface area (Å²) in [6.45, 7) is 5.52. The van der Waals surface area contributed by atoms with Crippen molar-refractivity contribution < 1.29 is 14.3 Å². The van der Waals surface area contributed by atoms with Gasteiger partial charge in [-0.1, -0.05) is 29.8 Å². The van der Waals surface area contributed by atoms with Gasteiger partial charge in [0.25, 0.3) is 5.91 Å². The molecule has 7 heteroatoms. The number of nitrogens with zero attached hydrogens (tertiary/aromatic N) is 1. The second kappa shape index (κ2) is 9.36. The fourth-order valence-corrected chi connectivity index (χ4v) is 2.42. The molecule has 0 spiro atoms. The maximum absolute atomic E-state index is 12.5. The van der Waals surface area contributed by atoms with E-state index in [4.69, 9.17) is 4.74 Å². The molecule has 7 nitrogen and oxygen atoms in total. The van der Waals surface area contributed by atoms with Crippen LogP contribution < -0.4 is 20.9 Å². The van der Waals surface area contributed by atoms with Crippen molar-refractivity contribution in [2.75, 3.05) is 11.9 Å². The van der Waals surface area contributed by atoms with Gasteiger partial charge in [-0.3, -0.25) is 15.0 Å². The maximum atomic E-state index is 12.5. The van der Waals surface area contributed by atoms with Crippen LogP contribution in [0.15, 0.2) is 42.5 Å². The van der Waals surface area contributed by atoms with Crippen LogP contribution in [0.1, 0.15) is 41.4 Å². The SMILES string of the molecule is CCOc1cc(NC(C)=O)ccc1C(=O)NN[C@@H](C#N)c1ccc(C)cc1. The molecule has 0 aliphatic rings. The van der Waals surface area contributed by atoms with E-state index in [1.807, 2.05) is 31.2 Å². The number of hydrazine groups is 1. The van der Waals surface area contributed by atoms with E-state index in [2.05, 4.69) is 22.2 Å². The highest BCUT2D eigenvalue weighted by atomic mass is 16.5. The lowest BCUT2D eigenvalue weighted by Gasteiger charge is -2.15. The molecule has 2 aromatic carbocycles. The largest absolute Gasteiger partial charge is 0.493 e. The molecule has 0 radical (unpaired) electrons. The summed E-state index contributed by atoms with van der Waals surface area (Å²) in [5, 5.41) is 12.0. The molecule has 0 saturated heterocycles. The van der Waals surface area contributed by atoms with Crippen LogP contribution >= 0.6 is 0 Å². The standard InChI is InChI=1S/C20H22N4O3/c1-4-27-19-11-16(22-14(3)25)9-10-17(19)20(26)24-23-18(12-21)15-7-5-13(2)6-8-15/h5-11,18,23H,4H2,1-3H3,(H,22,25)(H,24,26)/t18-/m0/s1. The van der Waals surface area contributed by atoms with Gasteiger partial charge in [-0.2, -0.15) is 5.26 Å². The molecule has 0 heterocycles. The van der Waals surface area contributed by atoms with Crippen LogP contribution in [-0.4, -0.2) is 18.4 Å². The average Bonchev–Trinajstić information content (AvgIpc) is 2.63. The number of hydrogen-bond acceptors (Lipinski definition) is 5. The highest BCUT2D eigenvalue weighted by molar-refractivity contribution is 5.98. The van der Waals surface area contributed by atoms with Crippen molar-refractivity contribution in [3.8, 4) is 11.8 Å². The van der Waals surface area contributed by atoms with E-state index < -0.39 is 11.9 Å². The van der Waals surface area contributed by atoms with Gasteiger partial charge in [0.2, 0.25) is 5.91 Å². The Morgan fingerprint density at radius 3 is 2.48 bits per heavy atom. The van der Waals surface area contributed by atoms with Gasteiger partial charge in [-0.05, 0) is 31.5 Å². The van der Waals surface area contributed by atoms with Gasteiger partial charge < -0.3 is 10.1 Å². The Hall–Kier alpha value is -3.37. The summed E-state index contributed by atoms with van der Waals surface area (Å²) in [5.41, 5.74) is 7.93. The third-order valence-electron chi connectivity index (χ3n) is 3.72. The summed E-state index contributed by atoms with van der Waals surface area (Å²) >= 11 is 0. The summed E-state index contributed by atoms with van der Waals surface area (Å²) < 4.78 is 5.51. The smallest absolute Gasteiger partial charge is 0.269 e. The number of ether oxygens (including phenoxy) is 1. The minimum atomic E-state index is -0.691. The number of aryl methyl sites for hydroxylation is 1. The Labute approximate surface area is 158 Å². The second-order valence-corrected chi connectivity index (χ2v) is 5.90. The Bertz CT molecular complexity index is 857. The van der Waals surface area contributed by atoms with Crippen LogP contribution in [0, 0.1) is 18.3 Å². The van der Waals surface area contributed by atoms with E-state index in [1.54, 1.807) is 25.1 Å². The van der Waals surface area contributed by atoms with Crippen LogP contribution in [0.25, 0.3) is 0 Å². The zero-order valence-electron chi connectivity index (χ0n) is 15.5. The molecule has 140 valence electrons. The van der Waals surface area contributed by atoms with Crippen molar-refractivity contribution in [1.82, 2.24) is 10.9 Å². The minimum absolute atomic E-state index is 0.216. The highest BCUT2D eigenvalue weighted by Gasteiger charge is 2.16. The molecule has 0 fully saturated rings. The normalized spacial score (nSPS) is 11.2. The Kier molecular flexibility index (Phi) is 6.92. The van der Waals surface area contributed by atoms with Crippen LogP contribution in [0.3, 0.4) is 0 Å². The van der Waals surface area contributed by atoms with Crippen LogP contribution in [0.2, 0.25) is 0 Å². The summed E-state index contributed by atoms with van der Waals surface area (Å²) in [7, 11) is 0. The number of anilines is 1. The number of carbonyl (C=O) groups excluding carboxylic acids is 2. The van der Waals surface area contributed by atoms with Gasteiger partial charge in [-0.25, -0.2) is 5.43 Å². The summed E-state index contributed by atoms with van der Waals surface area (Å²) in [5.74, 6) is -0.321. The van der Waals surface area contributed by atoms with Crippen LogP contribution in [-0.2, 0) is 4.79 Å². The van der Waals surface area contributed by atoms with E-state index in [0.717, 1.165) is 11.1 Å². The topological polar surface area (TPSA) is 103 Å². The van der Waals surface area contributed by atoms with E-state index in [1.165, 1.54) is 6.92 Å². The monoisotopic (exact) mass is 366 g/mol. The maximum Gasteiger partial charge on any atom is 0.269 e. The predicted molar refractivity (Wildman–Crippen MR) is 102 cm³/mol. The van der Waals surface area contributed by atoms with Crippen molar-refractivity contribution >= 4 is 17.5 Å². The first-order valence-electron chi connectivity index (χ1n) is 8.51. The molecule has 27 heavy (non-hydrogen) atoms. The van der Waals surface area contributed by atoms with E-state index in [-0.39, 0.29) is 5.91 Å². The molecule has 2 amide bonds. The Morgan fingerprint density at radius 2 is 1.89 bits per heavy atom. The predicted octanol–water partition coefficient (Wildman–Crippen LogP) is 2.85. The molecule has 1 atom stereocenters. The molecular weight excluding hydrogens is 344 g/mol. The third-order valence-corrected chi connectivity index (χ3v) is 3.72. The zero-order valence-corrected chi connectivity index (χ0v) is 15.5. The number of amides is 2. The van der Waals surface area contributed by atoms with Gasteiger partial charge in [0, 0.05) is 18.7 Å². The number of benzene rings is 2. The van der Waals surface area contributed by atoms with Gasteiger partial charge in [0.05, 0.1) is 18.2 Å². The molecular formula is C20H22N4O3. The quantitative estimate of drug-likeness (QED) is 0.654. The van der Waals surface area contributed by atoms with E-state index >= 15 is 0 Å². The molecule has 0 bridgehead atoms.